The number of aliphatic hydroxyl groups excluding tert-OH is 1. The van der Waals surface area contributed by atoms with Gasteiger partial charge in [-0.05, 0) is 49.4 Å². The molecule has 34 heavy (non-hydrogen) atoms. The number of allylic oxidation sites excluding steroid dienone is 1. The van der Waals surface area contributed by atoms with Crippen molar-refractivity contribution in [2.24, 2.45) is 11.8 Å². The Hall–Kier alpha value is -3.48. The van der Waals surface area contributed by atoms with Gasteiger partial charge in [-0.25, -0.2) is 0 Å². The van der Waals surface area contributed by atoms with Crippen molar-refractivity contribution in [2.45, 2.75) is 25.6 Å². The van der Waals surface area contributed by atoms with Gasteiger partial charge in [0.2, 0.25) is 5.91 Å². The number of aliphatic hydroxyl groups is 1. The summed E-state index contributed by atoms with van der Waals surface area (Å²) in [5.74, 6) is -0.398. The molecule has 2 aliphatic rings. The number of pyridine rings is 1. The zero-order valence-corrected chi connectivity index (χ0v) is 19.4. The molecule has 174 valence electrons. The number of anilines is 1. The minimum atomic E-state index is -0.479. The zero-order valence-electron chi connectivity index (χ0n) is 19.4. The number of hydrogen-bond acceptors (Lipinski definition) is 4. The van der Waals surface area contributed by atoms with Crippen LogP contribution in [0.2, 0.25) is 0 Å². The summed E-state index contributed by atoms with van der Waals surface area (Å²) in [5.41, 5.74) is 4.47. The standard InChI is InChI=1S/C28H29N3O3/c1-3-7-20-12-15-24-25-22(16-31(24)28(20)34)23(17-32)26(30(25)2)27(33)29-21-13-10-19(11-14-21)18-8-5-4-6-9-18/h3-15,22-23,25-26,32H,16-17H2,1-2H3,(H,29,33)/b7-3+/t22-,23-,25+,26-/m1/s1. The van der Waals surface area contributed by atoms with Gasteiger partial charge < -0.3 is 15.0 Å². The maximum absolute atomic E-state index is 13.4. The van der Waals surface area contributed by atoms with Crippen LogP contribution in [0.15, 0.2) is 77.6 Å². The van der Waals surface area contributed by atoms with Crippen LogP contribution in [0.25, 0.3) is 17.2 Å². The SMILES string of the molecule is C/C=C/c1ccc2n(c1=O)C[C@@H]1[C@@H](CO)[C@H](C(=O)Nc3ccc(-c4ccccc4)cc3)N(C)[C@H]21. The molecule has 5 rings (SSSR count). The van der Waals surface area contributed by atoms with E-state index in [9.17, 15) is 14.7 Å². The van der Waals surface area contributed by atoms with E-state index in [-0.39, 0.29) is 36.0 Å². The second-order valence-electron chi connectivity index (χ2n) is 9.13. The van der Waals surface area contributed by atoms with E-state index in [1.54, 1.807) is 4.57 Å². The van der Waals surface area contributed by atoms with Gasteiger partial charge >= 0.3 is 0 Å². The number of nitrogens with zero attached hydrogens (tertiary/aromatic N) is 2. The van der Waals surface area contributed by atoms with Crippen LogP contribution in [0.4, 0.5) is 5.69 Å². The molecule has 1 saturated heterocycles. The predicted molar refractivity (Wildman–Crippen MR) is 134 cm³/mol. The van der Waals surface area contributed by atoms with Crippen molar-refractivity contribution in [2.75, 3.05) is 19.0 Å². The molecule has 1 amide bonds. The number of nitrogens with one attached hydrogen (secondary N) is 1. The van der Waals surface area contributed by atoms with Gasteiger partial charge in [-0.2, -0.15) is 0 Å². The van der Waals surface area contributed by atoms with Crippen LogP contribution in [-0.2, 0) is 11.3 Å². The highest BCUT2D eigenvalue weighted by Crippen LogP contribution is 2.48. The summed E-state index contributed by atoms with van der Waals surface area (Å²) in [6.45, 7) is 2.29. The summed E-state index contributed by atoms with van der Waals surface area (Å²) in [6.07, 6.45) is 3.67. The van der Waals surface area contributed by atoms with Gasteiger partial charge in [0.25, 0.3) is 5.56 Å². The average Bonchev–Trinajstić information content (AvgIpc) is 3.37. The first kappa shape index (κ1) is 22.3. The quantitative estimate of drug-likeness (QED) is 0.614. The van der Waals surface area contributed by atoms with E-state index in [1.165, 1.54) is 0 Å². The molecule has 0 aliphatic carbocycles. The summed E-state index contributed by atoms with van der Waals surface area (Å²) >= 11 is 0. The van der Waals surface area contributed by atoms with Crippen molar-refractivity contribution in [3.8, 4) is 11.1 Å². The minimum absolute atomic E-state index is 0.000220. The van der Waals surface area contributed by atoms with Gasteiger partial charge in [-0.15, -0.1) is 0 Å². The van der Waals surface area contributed by atoms with E-state index in [0.717, 1.165) is 22.5 Å². The molecule has 1 aromatic heterocycles. The fourth-order valence-corrected chi connectivity index (χ4v) is 5.69. The lowest BCUT2D eigenvalue weighted by molar-refractivity contribution is -0.122. The van der Waals surface area contributed by atoms with Gasteiger partial charge in [0, 0.05) is 41.9 Å². The first-order valence-corrected chi connectivity index (χ1v) is 11.7. The van der Waals surface area contributed by atoms with Gasteiger partial charge in [0.1, 0.15) is 0 Å². The third-order valence-corrected chi connectivity index (χ3v) is 7.26. The molecule has 2 aromatic carbocycles. The number of likely N-dealkylation sites (tertiary alicyclic amines) is 1. The topological polar surface area (TPSA) is 74.6 Å². The number of carbonyl (C=O) groups excluding carboxylic acids is 1. The highest BCUT2D eigenvalue weighted by molar-refractivity contribution is 5.95. The molecule has 2 aliphatic heterocycles. The first-order chi connectivity index (χ1) is 16.5. The Bertz CT molecular complexity index is 1280. The number of carbonyl (C=O) groups is 1. The van der Waals surface area contributed by atoms with Crippen LogP contribution in [0.1, 0.15) is 24.2 Å². The number of rotatable bonds is 5. The zero-order chi connectivity index (χ0) is 23.8. The monoisotopic (exact) mass is 455 g/mol. The predicted octanol–water partition coefficient (Wildman–Crippen LogP) is 3.78. The van der Waals surface area contributed by atoms with E-state index >= 15 is 0 Å². The van der Waals surface area contributed by atoms with E-state index in [0.29, 0.717) is 12.1 Å². The Morgan fingerprint density at radius 3 is 2.44 bits per heavy atom. The summed E-state index contributed by atoms with van der Waals surface area (Å²) in [7, 11) is 1.91. The maximum Gasteiger partial charge on any atom is 0.258 e. The number of likely N-dealkylation sites (N-methyl/N-ethyl adjacent to an activating group) is 1. The minimum Gasteiger partial charge on any atom is -0.396 e. The molecule has 2 N–H and O–H groups in total. The third kappa shape index (κ3) is 3.69. The van der Waals surface area contributed by atoms with E-state index in [4.69, 9.17) is 0 Å². The molecular weight excluding hydrogens is 426 g/mol. The normalized spacial score (nSPS) is 23.7. The molecular formula is C28H29N3O3. The fourth-order valence-electron chi connectivity index (χ4n) is 5.69. The lowest BCUT2D eigenvalue weighted by atomic mass is 9.88. The average molecular weight is 456 g/mol. The van der Waals surface area contributed by atoms with Gasteiger partial charge in [0.05, 0.1) is 12.1 Å². The second-order valence-corrected chi connectivity index (χ2v) is 9.13. The lowest BCUT2D eigenvalue weighted by Crippen LogP contribution is -2.44. The molecule has 0 saturated carbocycles. The first-order valence-electron chi connectivity index (χ1n) is 11.7. The largest absolute Gasteiger partial charge is 0.396 e. The fraction of sp³-hybridized carbons (Fsp3) is 0.286. The van der Waals surface area contributed by atoms with Crippen LogP contribution in [0.5, 0.6) is 0 Å². The van der Waals surface area contributed by atoms with Crippen LogP contribution in [-0.4, -0.2) is 40.2 Å². The molecule has 6 heteroatoms. The summed E-state index contributed by atoms with van der Waals surface area (Å²) < 4.78 is 1.81. The van der Waals surface area contributed by atoms with Crippen molar-refractivity contribution >= 4 is 17.7 Å². The van der Waals surface area contributed by atoms with Crippen molar-refractivity contribution in [1.82, 2.24) is 9.47 Å². The molecule has 1 fully saturated rings. The van der Waals surface area contributed by atoms with E-state index in [1.807, 2.05) is 85.6 Å². The Labute approximate surface area is 199 Å². The Morgan fingerprint density at radius 1 is 1.06 bits per heavy atom. The van der Waals surface area contributed by atoms with Gasteiger partial charge in [-0.3, -0.25) is 14.5 Å². The molecule has 0 bridgehead atoms. The Morgan fingerprint density at radius 2 is 1.76 bits per heavy atom. The Balaban J connectivity index is 1.37. The summed E-state index contributed by atoms with van der Waals surface area (Å²) in [4.78, 5) is 28.3. The van der Waals surface area contributed by atoms with Crippen LogP contribution >= 0.6 is 0 Å². The van der Waals surface area contributed by atoms with Crippen molar-refractivity contribution in [3.05, 3.63) is 94.4 Å². The van der Waals surface area contributed by atoms with Crippen LogP contribution < -0.4 is 10.9 Å². The highest BCUT2D eigenvalue weighted by Gasteiger charge is 2.54. The molecule has 3 aromatic rings. The lowest BCUT2D eigenvalue weighted by Gasteiger charge is -2.27. The van der Waals surface area contributed by atoms with E-state index in [2.05, 4.69) is 17.4 Å². The van der Waals surface area contributed by atoms with Crippen LogP contribution in [0.3, 0.4) is 0 Å². The number of benzene rings is 2. The molecule has 3 heterocycles. The maximum atomic E-state index is 13.4. The van der Waals surface area contributed by atoms with Crippen molar-refractivity contribution in [3.63, 3.8) is 0 Å². The second kappa shape index (κ2) is 9.05. The molecule has 0 unspecified atom stereocenters. The molecule has 0 spiro atoms. The molecule has 0 radical (unpaired) electrons. The number of amides is 1. The summed E-state index contributed by atoms with van der Waals surface area (Å²) in [5, 5.41) is 13.3. The smallest absolute Gasteiger partial charge is 0.258 e. The van der Waals surface area contributed by atoms with Crippen molar-refractivity contribution in [1.29, 1.82) is 0 Å². The van der Waals surface area contributed by atoms with E-state index < -0.39 is 6.04 Å². The van der Waals surface area contributed by atoms with Gasteiger partial charge in [0.15, 0.2) is 0 Å². The van der Waals surface area contributed by atoms with Crippen LogP contribution in [0, 0.1) is 11.8 Å². The molecule has 4 atom stereocenters. The third-order valence-electron chi connectivity index (χ3n) is 7.26. The number of fused-ring (bicyclic) bond motifs is 3. The van der Waals surface area contributed by atoms with Gasteiger partial charge in [-0.1, -0.05) is 54.6 Å². The van der Waals surface area contributed by atoms with Crippen molar-refractivity contribution < 1.29 is 9.90 Å². The molecule has 6 nitrogen and oxygen atoms in total. The summed E-state index contributed by atoms with van der Waals surface area (Å²) in [6, 6.07) is 21.2. The number of hydrogen-bond donors (Lipinski definition) is 2. The Kier molecular flexibility index (Phi) is 5.94. The highest BCUT2D eigenvalue weighted by atomic mass is 16.3. The number of aromatic nitrogens is 1.